The number of imide groups is 1. The zero-order valence-corrected chi connectivity index (χ0v) is 8.17. The zero-order valence-electron chi connectivity index (χ0n) is 8.17. The molecule has 0 aromatic heterocycles. The summed E-state index contributed by atoms with van der Waals surface area (Å²) in [5, 5.41) is 0. The molecule has 1 aromatic rings. The van der Waals surface area contributed by atoms with Crippen LogP contribution in [-0.4, -0.2) is 11.8 Å². The molecule has 1 aliphatic rings. The van der Waals surface area contributed by atoms with Crippen LogP contribution in [0.2, 0.25) is 0 Å². The second kappa shape index (κ2) is 3.55. The SMILES string of the molecule is Nc1cc(F)cc(F)c1N1C(=O)CCC1=O. The van der Waals surface area contributed by atoms with Gasteiger partial charge in [0.05, 0.1) is 5.69 Å². The molecule has 6 heteroatoms. The average molecular weight is 226 g/mol. The first-order valence-corrected chi connectivity index (χ1v) is 4.61. The van der Waals surface area contributed by atoms with Crippen LogP contribution in [0.1, 0.15) is 12.8 Å². The van der Waals surface area contributed by atoms with Crippen molar-refractivity contribution < 1.29 is 18.4 Å². The van der Waals surface area contributed by atoms with E-state index < -0.39 is 23.4 Å². The lowest BCUT2D eigenvalue weighted by molar-refractivity contribution is -0.121. The molecule has 1 fully saturated rings. The molecular formula is C10H8F2N2O2. The monoisotopic (exact) mass is 226 g/mol. The predicted octanol–water partition coefficient (Wildman–Crippen LogP) is 1.20. The molecule has 0 spiro atoms. The van der Waals surface area contributed by atoms with Gasteiger partial charge >= 0.3 is 0 Å². The molecule has 16 heavy (non-hydrogen) atoms. The summed E-state index contributed by atoms with van der Waals surface area (Å²) < 4.78 is 26.2. The van der Waals surface area contributed by atoms with Crippen molar-refractivity contribution in [1.82, 2.24) is 0 Å². The highest BCUT2D eigenvalue weighted by atomic mass is 19.1. The summed E-state index contributed by atoms with van der Waals surface area (Å²) in [4.78, 5) is 23.4. The normalized spacial score (nSPS) is 16.0. The van der Waals surface area contributed by atoms with Crippen molar-refractivity contribution in [1.29, 1.82) is 0 Å². The van der Waals surface area contributed by atoms with Crippen LogP contribution >= 0.6 is 0 Å². The van der Waals surface area contributed by atoms with E-state index in [-0.39, 0.29) is 24.2 Å². The fraction of sp³-hybridized carbons (Fsp3) is 0.200. The standard InChI is InChI=1S/C10H8F2N2O2/c11-5-3-6(12)10(7(13)4-5)14-8(15)1-2-9(14)16/h3-4H,1-2,13H2. The van der Waals surface area contributed by atoms with Gasteiger partial charge in [-0.05, 0) is 6.07 Å². The molecule has 4 nitrogen and oxygen atoms in total. The van der Waals surface area contributed by atoms with Crippen LogP contribution in [0.5, 0.6) is 0 Å². The maximum Gasteiger partial charge on any atom is 0.234 e. The first-order chi connectivity index (χ1) is 7.50. The Labute approximate surface area is 89.6 Å². The molecule has 1 aromatic carbocycles. The lowest BCUT2D eigenvalue weighted by atomic mass is 10.2. The summed E-state index contributed by atoms with van der Waals surface area (Å²) in [7, 11) is 0. The van der Waals surface area contributed by atoms with E-state index in [9.17, 15) is 18.4 Å². The average Bonchev–Trinajstić information content (AvgIpc) is 2.47. The summed E-state index contributed by atoms with van der Waals surface area (Å²) in [6, 6.07) is 1.46. The molecule has 1 aliphatic heterocycles. The minimum Gasteiger partial charge on any atom is -0.397 e. The number of nitrogen functional groups attached to an aromatic ring is 1. The number of carbonyl (C=O) groups is 2. The van der Waals surface area contributed by atoms with Gasteiger partial charge in [-0.15, -0.1) is 0 Å². The number of nitrogens with two attached hydrogens (primary N) is 1. The second-order valence-corrected chi connectivity index (χ2v) is 3.45. The maximum absolute atomic E-state index is 13.4. The highest BCUT2D eigenvalue weighted by Crippen LogP contribution is 2.31. The molecule has 2 rings (SSSR count). The van der Waals surface area contributed by atoms with Crippen LogP contribution in [0.4, 0.5) is 20.2 Å². The fourth-order valence-corrected chi connectivity index (χ4v) is 1.65. The van der Waals surface area contributed by atoms with Gasteiger partial charge in [0.15, 0.2) is 5.82 Å². The summed E-state index contributed by atoms with van der Waals surface area (Å²) in [5.41, 5.74) is 4.78. The van der Waals surface area contributed by atoms with Crippen LogP contribution in [-0.2, 0) is 9.59 Å². The van der Waals surface area contributed by atoms with Gasteiger partial charge in [-0.3, -0.25) is 9.59 Å². The van der Waals surface area contributed by atoms with Gasteiger partial charge in [0, 0.05) is 18.9 Å². The largest absolute Gasteiger partial charge is 0.397 e. The topological polar surface area (TPSA) is 63.4 Å². The van der Waals surface area contributed by atoms with Crippen LogP contribution in [0, 0.1) is 11.6 Å². The van der Waals surface area contributed by atoms with Crippen molar-refractivity contribution in [2.75, 3.05) is 10.6 Å². The lowest BCUT2D eigenvalue weighted by Crippen LogP contribution is -2.30. The van der Waals surface area contributed by atoms with Crippen LogP contribution in [0.15, 0.2) is 12.1 Å². The highest BCUT2D eigenvalue weighted by molar-refractivity contribution is 6.21. The van der Waals surface area contributed by atoms with E-state index in [1.54, 1.807) is 0 Å². The molecule has 0 unspecified atom stereocenters. The van der Waals surface area contributed by atoms with Gasteiger partial charge in [-0.1, -0.05) is 0 Å². The van der Waals surface area contributed by atoms with Crippen LogP contribution in [0.25, 0.3) is 0 Å². The van der Waals surface area contributed by atoms with Gasteiger partial charge in [0.2, 0.25) is 11.8 Å². The number of halogens is 2. The molecule has 0 aliphatic carbocycles. The number of benzene rings is 1. The minimum absolute atomic E-state index is 0.0229. The minimum atomic E-state index is -1.01. The van der Waals surface area contributed by atoms with Crippen molar-refractivity contribution in [3.05, 3.63) is 23.8 Å². The van der Waals surface area contributed by atoms with Gasteiger partial charge < -0.3 is 5.73 Å². The number of carbonyl (C=O) groups excluding carboxylic acids is 2. The second-order valence-electron chi connectivity index (χ2n) is 3.45. The third-order valence-electron chi connectivity index (χ3n) is 2.33. The van der Waals surface area contributed by atoms with Crippen LogP contribution in [0.3, 0.4) is 0 Å². The summed E-state index contributed by atoms with van der Waals surface area (Å²) in [6.45, 7) is 0. The third-order valence-corrected chi connectivity index (χ3v) is 2.33. The lowest BCUT2D eigenvalue weighted by Gasteiger charge is -2.16. The quantitative estimate of drug-likeness (QED) is 0.578. The van der Waals surface area contributed by atoms with E-state index in [0.717, 1.165) is 6.07 Å². The number of amides is 2. The number of hydrogen-bond acceptors (Lipinski definition) is 3. The third kappa shape index (κ3) is 1.52. The van der Waals surface area contributed by atoms with Gasteiger partial charge in [0.1, 0.15) is 11.5 Å². The highest BCUT2D eigenvalue weighted by Gasteiger charge is 2.33. The Hall–Kier alpha value is -1.98. The Morgan fingerprint density at radius 3 is 2.19 bits per heavy atom. The molecule has 0 saturated carbocycles. The van der Waals surface area contributed by atoms with Crippen LogP contribution < -0.4 is 10.6 Å². The zero-order chi connectivity index (χ0) is 11.9. The van der Waals surface area contributed by atoms with Gasteiger partial charge in [0.25, 0.3) is 0 Å². The molecular weight excluding hydrogens is 218 g/mol. The van der Waals surface area contributed by atoms with Gasteiger partial charge in [-0.25, -0.2) is 13.7 Å². The molecule has 2 amide bonds. The summed E-state index contributed by atoms with van der Waals surface area (Å²) in [6.07, 6.45) is 0.0458. The fourth-order valence-electron chi connectivity index (χ4n) is 1.65. The molecule has 0 radical (unpaired) electrons. The Morgan fingerprint density at radius 1 is 1.12 bits per heavy atom. The summed E-state index contributed by atoms with van der Waals surface area (Å²) in [5.74, 6) is -2.91. The smallest absolute Gasteiger partial charge is 0.234 e. The van der Waals surface area contributed by atoms with E-state index >= 15 is 0 Å². The Kier molecular flexibility index (Phi) is 2.34. The number of anilines is 2. The Morgan fingerprint density at radius 2 is 1.69 bits per heavy atom. The Bertz CT molecular complexity index is 449. The first-order valence-electron chi connectivity index (χ1n) is 4.61. The molecule has 0 atom stereocenters. The van der Waals surface area contributed by atoms with Crippen molar-refractivity contribution >= 4 is 23.2 Å². The van der Waals surface area contributed by atoms with E-state index in [2.05, 4.69) is 0 Å². The van der Waals surface area contributed by atoms with Crippen molar-refractivity contribution in [3.8, 4) is 0 Å². The molecule has 1 saturated heterocycles. The Balaban J connectivity index is 2.55. The van der Waals surface area contributed by atoms with Crippen molar-refractivity contribution in [2.24, 2.45) is 0 Å². The summed E-state index contributed by atoms with van der Waals surface area (Å²) >= 11 is 0. The van der Waals surface area contributed by atoms with E-state index in [0.29, 0.717) is 11.0 Å². The van der Waals surface area contributed by atoms with E-state index in [4.69, 9.17) is 5.73 Å². The maximum atomic E-state index is 13.4. The molecule has 84 valence electrons. The van der Waals surface area contributed by atoms with E-state index in [1.807, 2.05) is 0 Å². The van der Waals surface area contributed by atoms with E-state index in [1.165, 1.54) is 0 Å². The molecule has 2 N–H and O–H groups in total. The molecule has 1 heterocycles. The van der Waals surface area contributed by atoms with Crippen molar-refractivity contribution in [3.63, 3.8) is 0 Å². The van der Waals surface area contributed by atoms with Gasteiger partial charge in [-0.2, -0.15) is 0 Å². The molecule has 0 bridgehead atoms. The number of hydrogen-bond donors (Lipinski definition) is 1. The number of rotatable bonds is 1. The number of nitrogens with zero attached hydrogens (tertiary/aromatic N) is 1. The first kappa shape index (κ1) is 10.5. The predicted molar refractivity (Wildman–Crippen MR) is 52.5 cm³/mol. The van der Waals surface area contributed by atoms with Crippen molar-refractivity contribution in [2.45, 2.75) is 12.8 Å².